The number of aryl methyl sites for hydroxylation is 1. The molecular weight excluding hydrogens is 408 g/mol. The van der Waals surface area contributed by atoms with Gasteiger partial charge in [-0.05, 0) is 48.9 Å². The minimum atomic E-state index is -0.472. The van der Waals surface area contributed by atoms with Crippen LogP contribution in [0.15, 0.2) is 53.5 Å². The highest BCUT2D eigenvalue weighted by molar-refractivity contribution is 7.07. The van der Waals surface area contributed by atoms with E-state index in [1.165, 1.54) is 0 Å². The summed E-state index contributed by atoms with van der Waals surface area (Å²) in [5.74, 6) is -0.225. The van der Waals surface area contributed by atoms with E-state index in [0.29, 0.717) is 12.1 Å². The first-order chi connectivity index (χ1) is 15.1. The first kappa shape index (κ1) is 19.9. The van der Waals surface area contributed by atoms with Crippen molar-refractivity contribution in [2.24, 2.45) is 7.05 Å². The smallest absolute Gasteiger partial charge is 0.270 e. The van der Waals surface area contributed by atoms with Crippen LogP contribution in [0.5, 0.6) is 0 Å². The van der Waals surface area contributed by atoms with E-state index in [1.54, 1.807) is 11.3 Å². The van der Waals surface area contributed by atoms with E-state index in [9.17, 15) is 9.90 Å². The van der Waals surface area contributed by atoms with E-state index in [-0.39, 0.29) is 11.9 Å². The number of aromatic nitrogens is 3. The topological polar surface area (TPSA) is 80.0 Å². The minimum absolute atomic E-state index is 0.192. The quantitative estimate of drug-likeness (QED) is 0.501. The molecule has 0 unspecified atom stereocenters. The highest BCUT2D eigenvalue weighted by atomic mass is 32.1. The van der Waals surface area contributed by atoms with E-state index >= 15 is 0 Å². The highest BCUT2D eigenvalue weighted by Crippen LogP contribution is 2.25. The van der Waals surface area contributed by atoms with Crippen LogP contribution < -0.4 is 5.32 Å². The summed E-state index contributed by atoms with van der Waals surface area (Å²) in [5, 5.41) is 15.1. The van der Waals surface area contributed by atoms with Gasteiger partial charge in [0.25, 0.3) is 5.91 Å². The number of amides is 1. The van der Waals surface area contributed by atoms with Gasteiger partial charge in [-0.3, -0.25) is 4.79 Å². The molecule has 1 amide bonds. The maximum atomic E-state index is 12.9. The fourth-order valence-electron chi connectivity index (χ4n) is 4.36. The third-order valence-electron chi connectivity index (χ3n) is 6.01. The van der Waals surface area contributed by atoms with Gasteiger partial charge in [-0.2, -0.15) is 0 Å². The molecule has 1 aliphatic rings. The number of aliphatic hydroxyl groups excluding tert-OH is 1. The molecule has 0 bridgehead atoms. The molecule has 1 aliphatic carbocycles. The SMILES string of the molecule is Cn1ccc2nc(C(=O)N[C@H]3CCC[C@@H]3O)cc(Cc3ccc(-c4cscn4)cc3)c21. The molecule has 2 N–H and O–H groups in total. The predicted molar refractivity (Wildman–Crippen MR) is 122 cm³/mol. The third-order valence-corrected chi connectivity index (χ3v) is 6.60. The van der Waals surface area contributed by atoms with E-state index in [1.807, 2.05) is 40.8 Å². The first-order valence-corrected chi connectivity index (χ1v) is 11.4. The molecule has 158 valence electrons. The second-order valence-electron chi connectivity index (χ2n) is 8.15. The van der Waals surface area contributed by atoms with Crippen LogP contribution in [0.25, 0.3) is 22.3 Å². The normalized spacial score (nSPS) is 18.5. The molecule has 3 heterocycles. The van der Waals surface area contributed by atoms with Gasteiger partial charge < -0.3 is 15.0 Å². The van der Waals surface area contributed by atoms with Crippen LogP contribution in [0.3, 0.4) is 0 Å². The highest BCUT2D eigenvalue weighted by Gasteiger charge is 2.27. The van der Waals surface area contributed by atoms with Gasteiger partial charge in [-0.1, -0.05) is 24.3 Å². The summed E-state index contributed by atoms with van der Waals surface area (Å²) in [6, 6.07) is 12.0. The molecule has 0 radical (unpaired) electrons. The Bertz CT molecular complexity index is 1210. The maximum Gasteiger partial charge on any atom is 0.270 e. The van der Waals surface area contributed by atoms with Crippen molar-refractivity contribution in [1.29, 1.82) is 0 Å². The molecule has 1 aromatic carbocycles. The molecule has 31 heavy (non-hydrogen) atoms. The van der Waals surface area contributed by atoms with E-state index < -0.39 is 6.10 Å². The number of rotatable bonds is 5. The number of nitrogens with one attached hydrogen (secondary N) is 1. The maximum absolute atomic E-state index is 12.9. The fraction of sp³-hybridized carbons (Fsp3) is 0.292. The van der Waals surface area contributed by atoms with Crippen LogP contribution in [-0.4, -0.2) is 37.7 Å². The Balaban J connectivity index is 1.44. The van der Waals surface area contributed by atoms with E-state index in [4.69, 9.17) is 0 Å². The number of carbonyl (C=O) groups excluding carboxylic acids is 1. The molecule has 2 atom stereocenters. The Hall–Kier alpha value is -3.03. The Labute approximate surface area is 184 Å². The number of thiazole rings is 1. The Morgan fingerprint density at radius 2 is 2.10 bits per heavy atom. The number of benzene rings is 1. The number of nitrogens with zero attached hydrogens (tertiary/aromatic N) is 3. The molecule has 0 spiro atoms. The van der Waals surface area contributed by atoms with E-state index in [2.05, 4.69) is 39.6 Å². The zero-order chi connectivity index (χ0) is 21.4. The van der Waals surface area contributed by atoms with Crippen molar-refractivity contribution >= 4 is 28.3 Å². The molecule has 3 aromatic heterocycles. The van der Waals surface area contributed by atoms with Crippen molar-refractivity contribution in [3.05, 3.63) is 70.3 Å². The van der Waals surface area contributed by atoms with Crippen LogP contribution >= 0.6 is 11.3 Å². The summed E-state index contributed by atoms with van der Waals surface area (Å²) in [4.78, 5) is 21.8. The van der Waals surface area contributed by atoms with Crippen LogP contribution in [0, 0.1) is 0 Å². The number of fused-ring (bicyclic) bond motifs is 1. The summed E-state index contributed by atoms with van der Waals surface area (Å²) >= 11 is 1.59. The van der Waals surface area contributed by atoms with Crippen LogP contribution in [-0.2, 0) is 13.5 Å². The van der Waals surface area contributed by atoms with Crippen molar-refractivity contribution in [2.45, 2.75) is 37.8 Å². The standard InChI is InChI=1S/C24H24N4O2S/c1-28-10-9-19-23(28)17(11-15-5-7-16(8-6-15)21-13-31-14-25-21)12-20(26-19)24(30)27-18-3-2-4-22(18)29/h5-10,12-14,18,22,29H,2-4,11H2,1H3,(H,27,30)/t18-,22-/m0/s1. The van der Waals surface area contributed by atoms with Gasteiger partial charge in [0.2, 0.25) is 0 Å². The lowest BCUT2D eigenvalue weighted by molar-refractivity contribution is 0.0868. The molecular formula is C24H24N4O2S. The zero-order valence-corrected chi connectivity index (χ0v) is 18.1. The second-order valence-corrected chi connectivity index (χ2v) is 8.87. The lowest BCUT2D eigenvalue weighted by Crippen LogP contribution is -2.40. The second kappa shape index (κ2) is 8.24. The lowest BCUT2D eigenvalue weighted by atomic mass is 10.0. The summed E-state index contributed by atoms with van der Waals surface area (Å²) in [7, 11) is 1.99. The van der Waals surface area contributed by atoms with Crippen molar-refractivity contribution in [3.63, 3.8) is 0 Å². The van der Waals surface area contributed by atoms with Gasteiger partial charge in [-0.25, -0.2) is 9.97 Å². The van der Waals surface area contributed by atoms with Gasteiger partial charge in [0.05, 0.1) is 34.4 Å². The summed E-state index contributed by atoms with van der Waals surface area (Å²) in [6.45, 7) is 0. The lowest BCUT2D eigenvalue weighted by Gasteiger charge is -2.16. The molecule has 1 saturated carbocycles. The van der Waals surface area contributed by atoms with Crippen molar-refractivity contribution in [3.8, 4) is 11.3 Å². The summed E-state index contributed by atoms with van der Waals surface area (Å²) in [6.07, 6.45) is 4.66. The zero-order valence-electron chi connectivity index (χ0n) is 17.3. The van der Waals surface area contributed by atoms with Crippen LogP contribution in [0.1, 0.15) is 40.9 Å². The monoisotopic (exact) mass is 432 g/mol. The number of carbonyl (C=O) groups is 1. The van der Waals surface area contributed by atoms with Crippen molar-refractivity contribution < 1.29 is 9.90 Å². The molecule has 0 aliphatic heterocycles. The summed E-state index contributed by atoms with van der Waals surface area (Å²) < 4.78 is 2.05. The summed E-state index contributed by atoms with van der Waals surface area (Å²) in [5.41, 5.74) is 8.35. The number of hydrogen-bond donors (Lipinski definition) is 2. The largest absolute Gasteiger partial charge is 0.391 e. The molecule has 4 aromatic rings. The van der Waals surface area contributed by atoms with Gasteiger partial charge in [0, 0.05) is 24.2 Å². The molecule has 5 rings (SSSR count). The van der Waals surface area contributed by atoms with Crippen LogP contribution in [0.2, 0.25) is 0 Å². The Morgan fingerprint density at radius 3 is 2.81 bits per heavy atom. The average molecular weight is 433 g/mol. The third kappa shape index (κ3) is 3.98. The fourth-order valence-corrected chi connectivity index (χ4v) is 4.92. The van der Waals surface area contributed by atoms with Gasteiger partial charge in [0.15, 0.2) is 0 Å². The minimum Gasteiger partial charge on any atom is -0.391 e. The Kier molecular flexibility index (Phi) is 5.29. The number of hydrogen-bond acceptors (Lipinski definition) is 5. The molecule has 6 nitrogen and oxygen atoms in total. The van der Waals surface area contributed by atoms with Crippen LogP contribution in [0.4, 0.5) is 0 Å². The Morgan fingerprint density at radius 1 is 1.26 bits per heavy atom. The predicted octanol–water partition coefficient (Wildman–Crippen LogP) is 3.93. The van der Waals surface area contributed by atoms with Crippen molar-refractivity contribution in [2.75, 3.05) is 0 Å². The van der Waals surface area contributed by atoms with Crippen molar-refractivity contribution in [1.82, 2.24) is 19.9 Å². The van der Waals surface area contributed by atoms with Gasteiger partial charge >= 0.3 is 0 Å². The number of pyridine rings is 1. The molecule has 1 fully saturated rings. The van der Waals surface area contributed by atoms with Gasteiger partial charge in [-0.15, -0.1) is 11.3 Å². The van der Waals surface area contributed by atoms with Gasteiger partial charge in [0.1, 0.15) is 5.69 Å². The van der Waals surface area contributed by atoms with E-state index in [0.717, 1.165) is 52.7 Å². The average Bonchev–Trinajstić information content (AvgIpc) is 3.52. The first-order valence-electron chi connectivity index (χ1n) is 10.5. The molecule has 0 saturated heterocycles. The number of aliphatic hydroxyl groups is 1. The molecule has 7 heteroatoms.